The van der Waals surface area contributed by atoms with Gasteiger partial charge < -0.3 is 4.57 Å². The lowest BCUT2D eigenvalue weighted by Crippen LogP contribution is -2.30. The molecule has 0 atom stereocenters. The van der Waals surface area contributed by atoms with Crippen LogP contribution in [0.1, 0.15) is 24.2 Å². The monoisotopic (exact) mass is 462 g/mol. The fraction of sp³-hybridized carbons (Fsp3) is 0.286. The molecule has 3 rings (SSSR count). The van der Waals surface area contributed by atoms with E-state index < -0.39 is 15.8 Å². The van der Waals surface area contributed by atoms with Crippen molar-refractivity contribution in [1.29, 1.82) is 0 Å². The molecule has 0 unspecified atom stereocenters. The molecule has 3 aromatic rings. The van der Waals surface area contributed by atoms with E-state index in [-0.39, 0.29) is 16.4 Å². The molecule has 0 bridgehead atoms. The largest absolute Gasteiger partial charge is 0.305 e. The molecule has 0 spiro atoms. The first-order valence-electron chi connectivity index (χ1n) is 9.69. The van der Waals surface area contributed by atoms with Gasteiger partial charge in [-0.1, -0.05) is 37.7 Å². The highest BCUT2D eigenvalue weighted by Crippen LogP contribution is 2.26. The van der Waals surface area contributed by atoms with Gasteiger partial charge in [-0.05, 0) is 36.4 Å². The average molecular weight is 463 g/mol. The van der Waals surface area contributed by atoms with Gasteiger partial charge in [-0.15, -0.1) is 10.2 Å². The maximum atomic E-state index is 13.0. The molecule has 1 heterocycles. The van der Waals surface area contributed by atoms with Crippen molar-refractivity contribution in [3.8, 4) is 11.4 Å². The van der Waals surface area contributed by atoms with E-state index in [0.29, 0.717) is 35.2 Å². The summed E-state index contributed by atoms with van der Waals surface area (Å²) in [5, 5.41) is 8.83. The predicted molar refractivity (Wildman–Crippen MR) is 118 cm³/mol. The van der Waals surface area contributed by atoms with E-state index in [9.17, 15) is 17.6 Å². The molecule has 7 nitrogen and oxygen atoms in total. The fourth-order valence-electron chi connectivity index (χ4n) is 3.05. The number of rotatable bonds is 9. The van der Waals surface area contributed by atoms with E-state index in [2.05, 4.69) is 10.2 Å². The maximum absolute atomic E-state index is 13.0. The second-order valence-corrected chi connectivity index (χ2v) is 9.58. The van der Waals surface area contributed by atoms with Crippen molar-refractivity contribution in [2.75, 3.05) is 18.8 Å². The summed E-state index contributed by atoms with van der Waals surface area (Å²) in [6.45, 7) is 4.36. The Bertz CT molecular complexity index is 1170. The van der Waals surface area contributed by atoms with Crippen molar-refractivity contribution in [2.45, 2.75) is 23.9 Å². The summed E-state index contributed by atoms with van der Waals surface area (Å²) in [4.78, 5) is 12.5. The number of benzene rings is 2. The van der Waals surface area contributed by atoms with Crippen LogP contribution < -0.4 is 0 Å². The molecule has 0 aliphatic heterocycles. The smallest absolute Gasteiger partial charge is 0.243 e. The van der Waals surface area contributed by atoms with E-state index in [1.165, 1.54) is 40.3 Å². The number of thioether (sulfide) groups is 1. The molecule has 0 aliphatic rings. The van der Waals surface area contributed by atoms with Gasteiger partial charge in [-0.2, -0.15) is 4.31 Å². The van der Waals surface area contributed by atoms with Crippen LogP contribution in [-0.2, 0) is 17.1 Å². The Labute approximate surface area is 185 Å². The van der Waals surface area contributed by atoms with Gasteiger partial charge in [0.2, 0.25) is 10.0 Å². The van der Waals surface area contributed by atoms with Gasteiger partial charge in [0.05, 0.1) is 10.6 Å². The van der Waals surface area contributed by atoms with Crippen molar-refractivity contribution in [2.24, 2.45) is 7.05 Å². The van der Waals surface area contributed by atoms with Gasteiger partial charge in [-0.3, -0.25) is 4.79 Å². The highest BCUT2D eigenvalue weighted by molar-refractivity contribution is 7.99. The van der Waals surface area contributed by atoms with Crippen LogP contribution in [0.2, 0.25) is 0 Å². The molecule has 2 aromatic carbocycles. The average Bonchev–Trinajstić information content (AvgIpc) is 3.13. The SMILES string of the molecule is CCN(CC)S(=O)(=O)c1cccc(-c2nnc(SCC(=O)c3ccc(F)cc3)n2C)c1. The summed E-state index contributed by atoms with van der Waals surface area (Å²) in [6.07, 6.45) is 0. The van der Waals surface area contributed by atoms with Gasteiger partial charge in [0.1, 0.15) is 5.82 Å². The summed E-state index contributed by atoms with van der Waals surface area (Å²) < 4.78 is 41.8. The molecule has 0 aliphatic carbocycles. The van der Waals surface area contributed by atoms with E-state index >= 15 is 0 Å². The third-order valence-electron chi connectivity index (χ3n) is 4.77. The third-order valence-corrected chi connectivity index (χ3v) is 7.84. The minimum absolute atomic E-state index is 0.119. The molecule has 0 saturated carbocycles. The van der Waals surface area contributed by atoms with Gasteiger partial charge >= 0.3 is 0 Å². The number of halogens is 1. The first-order valence-corrected chi connectivity index (χ1v) is 12.1. The van der Waals surface area contributed by atoms with Gasteiger partial charge in [0.25, 0.3) is 0 Å². The Morgan fingerprint density at radius 1 is 1.10 bits per heavy atom. The first-order chi connectivity index (χ1) is 14.8. The lowest BCUT2D eigenvalue weighted by atomic mass is 10.1. The van der Waals surface area contributed by atoms with E-state index in [1.807, 2.05) is 0 Å². The van der Waals surface area contributed by atoms with Crippen LogP contribution >= 0.6 is 11.8 Å². The Balaban J connectivity index is 1.80. The minimum atomic E-state index is -3.59. The van der Waals surface area contributed by atoms with Crippen LogP contribution in [0.25, 0.3) is 11.4 Å². The number of nitrogens with zero attached hydrogens (tertiary/aromatic N) is 4. The zero-order valence-corrected chi connectivity index (χ0v) is 19.1. The number of Topliss-reactive ketones (excluding diaryl/α,β-unsaturated/α-hetero) is 1. The van der Waals surface area contributed by atoms with Crippen molar-refractivity contribution >= 4 is 27.6 Å². The maximum Gasteiger partial charge on any atom is 0.243 e. The third kappa shape index (κ3) is 5.03. The van der Waals surface area contributed by atoms with E-state index in [4.69, 9.17) is 0 Å². The molecule has 31 heavy (non-hydrogen) atoms. The standard InChI is InChI=1S/C21H23FN4O3S2/c1-4-26(5-2)31(28,29)18-8-6-7-16(13-18)20-23-24-21(25(20)3)30-14-19(27)15-9-11-17(22)12-10-15/h6-13H,4-5,14H2,1-3H3. The van der Waals surface area contributed by atoms with E-state index in [0.717, 1.165) is 0 Å². The number of ketones is 1. The fourth-order valence-corrected chi connectivity index (χ4v) is 5.36. The molecular weight excluding hydrogens is 439 g/mol. The Kier molecular flexibility index (Phi) is 7.24. The summed E-state index contributed by atoms with van der Waals surface area (Å²) in [7, 11) is -1.84. The highest BCUT2D eigenvalue weighted by Gasteiger charge is 2.23. The summed E-state index contributed by atoms with van der Waals surface area (Å²) in [5.74, 6) is 0.0659. The first kappa shape index (κ1) is 23.1. The second-order valence-electron chi connectivity index (χ2n) is 6.70. The molecule has 0 radical (unpaired) electrons. The molecule has 0 N–H and O–H groups in total. The highest BCUT2D eigenvalue weighted by atomic mass is 32.2. The van der Waals surface area contributed by atoms with Crippen LogP contribution in [0.5, 0.6) is 0 Å². The van der Waals surface area contributed by atoms with Crippen molar-refractivity contribution in [3.63, 3.8) is 0 Å². The molecule has 164 valence electrons. The topological polar surface area (TPSA) is 85.2 Å². The van der Waals surface area contributed by atoms with Crippen molar-refractivity contribution in [3.05, 3.63) is 59.9 Å². The lowest BCUT2D eigenvalue weighted by Gasteiger charge is -2.18. The van der Waals surface area contributed by atoms with Crippen LogP contribution in [0.4, 0.5) is 4.39 Å². The Hall–Kier alpha value is -2.56. The van der Waals surface area contributed by atoms with Crippen LogP contribution in [-0.4, -0.2) is 52.1 Å². The molecular formula is C21H23FN4O3S2. The van der Waals surface area contributed by atoms with Crippen molar-refractivity contribution in [1.82, 2.24) is 19.1 Å². The van der Waals surface area contributed by atoms with Crippen molar-refractivity contribution < 1.29 is 17.6 Å². The summed E-state index contributed by atoms with van der Waals surface area (Å²) >= 11 is 1.21. The van der Waals surface area contributed by atoms with Gasteiger partial charge in [0, 0.05) is 31.3 Å². The quantitative estimate of drug-likeness (QED) is 0.357. The van der Waals surface area contributed by atoms with Crippen LogP contribution in [0.3, 0.4) is 0 Å². The van der Waals surface area contributed by atoms with Crippen LogP contribution in [0.15, 0.2) is 58.6 Å². The summed E-state index contributed by atoms with van der Waals surface area (Å²) in [5.41, 5.74) is 1.03. The zero-order valence-electron chi connectivity index (χ0n) is 17.4. The molecule has 0 saturated heterocycles. The molecule has 0 amide bonds. The molecule has 0 fully saturated rings. The number of carbonyl (C=O) groups excluding carboxylic acids is 1. The Morgan fingerprint density at radius 3 is 2.42 bits per heavy atom. The number of carbonyl (C=O) groups is 1. The van der Waals surface area contributed by atoms with E-state index in [1.54, 1.807) is 49.7 Å². The minimum Gasteiger partial charge on any atom is -0.305 e. The molecule has 1 aromatic heterocycles. The lowest BCUT2D eigenvalue weighted by molar-refractivity contribution is 0.102. The number of aromatic nitrogens is 3. The van der Waals surface area contributed by atoms with Gasteiger partial charge in [0.15, 0.2) is 16.8 Å². The number of sulfonamides is 1. The normalized spacial score (nSPS) is 11.8. The summed E-state index contributed by atoms with van der Waals surface area (Å²) in [6, 6.07) is 12.0. The Morgan fingerprint density at radius 2 is 1.77 bits per heavy atom. The number of hydrogen-bond acceptors (Lipinski definition) is 6. The zero-order chi connectivity index (χ0) is 22.6. The molecule has 10 heteroatoms. The predicted octanol–water partition coefficient (Wildman–Crippen LogP) is 3.63. The second kappa shape index (κ2) is 9.71. The number of hydrogen-bond donors (Lipinski definition) is 0. The van der Waals surface area contributed by atoms with Gasteiger partial charge in [-0.25, -0.2) is 12.8 Å². The van der Waals surface area contributed by atoms with Crippen LogP contribution in [0, 0.1) is 5.82 Å².